The van der Waals surface area contributed by atoms with E-state index in [-0.39, 0.29) is 0 Å². The average molecular weight is 254 g/mol. The molecule has 0 aromatic rings. The van der Waals surface area contributed by atoms with Crippen LogP contribution in [0, 0.1) is 5.92 Å². The molecule has 0 aromatic carbocycles. The van der Waals surface area contributed by atoms with Crippen molar-refractivity contribution in [3.63, 3.8) is 0 Å². The Morgan fingerprint density at radius 3 is 2.39 bits per heavy atom. The molecule has 0 saturated heterocycles. The Bertz CT molecular complexity index is 245. The van der Waals surface area contributed by atoms with Crippen LogP contribution in [0.1, 0.15) is 65.7 Å². The highest BCUT2D eigenvalue weighted by Gasteiger charge is 2.21. The first-order chi connectivity index (χ1) is 8.54. The Kier molecular flexibility index (Phi) is 6.69. The van der Waals surface area contributed by atoms with Gasteiger partial charge < -0.3 is 10.6 Å². The second kappa shape index (κ2) is 7.78. The smallest absolute Gasteiger partial charge is 0.222 e. The average Bonchev–Trinajstić information content (AvgIpc) is 2.34. The van der Waals surface area contributed by atoms with E-state index in [2.05, 4.69) is 20.8 Å². The molecular formula is C15H30N2O. The second-order valence-electron chi connectivity index (χ2n) is 6.00. The molecule has 0 aliphatic heterocycles. The first-order valence-corrected chi connectivity index (χ1v) is 7.59. The zero-order valence-electron chi connectivity index (χ0n) is 12.3. The van der Waals surface area contributed by atoms with E-state index in [4.69, 9.17) is 5.73 Å². The van der Waals surface area contributed by atoms with E-state index in [1.54, 1.807) is 0 Å². The van der Waals surface area contributed by atoms with E-state index in [9.17, 15) is 4.79 Å². The number of hydrogen-bond acceptors (Lipinski definition) is 2. The lowest BCUT2D eigenvalue weighted by Gasteiger charge is -2.29. The van der Waals surface area contributed by atoms with Gasteiger partial charge in [-0.2, -0.15) is 0 Å². The Morgan fingerprint density at radius 1 is 1.28 bits per heavy atom. The van der Waals surface area contributed by atoms with Gasteiger partial charge in [-0.1, -0.05) is 6.92 Å². The van der Waals surface area contributed by atoms with E-state index < -0.39 is 0 Å². The lowest BCUT2D eigenvalue weighted by Crippen LogP contribution is -2.37. The monoisotopic (exact) mass is 254 g/mol. The van der Waals surface area contributed by atoms with Gasteiger partial charge in [-0.3, -0.25) is 4.79 Å². The van der Waals surface area contributed by atoms with Gasteiger partial charge in [0.2, 0.25) is 5.91 Å². The molecule has 0 spiro atoms. The second-order valence-corrected chi connectivity index (χ2v) is 6.00. The molecule has 106 valence electrons. The summed E-state index contributed by atoms with van der Waals surface area (Å²) in [5, 5.41) is 0. The lowest BCUT2D eigenvalue weighted by atomic mass is 9.83. The molecule has 1 saturated carbocycles. The summed E-state index contributed by atoms with van der Waals surface area (Å²) < 4.78 is 0. The highest BCUT2D eigenvalue weighted by molar-refractivity contribution is 5.76. The van der Waals surface area contributed by atoms with Crippen molar-refractivity contribution >= 4 is 5.91 Å². The molecule has 18 heavy (non-hydrogen) atoms. The van der Waals surface area contributed by atoms with Crippen molar-refractivity contribution in [2.45, 2.75) is 77.8 Å². The van der Waals surface area contributed by atoms with E-state index >= 15 is 0 Å². The highest BCUT2D eigenvalue weighted by atomic mass is 16.2. The fourth-order valence-corrected chi connectivity index (χ4v) is 2.86. The number of nitrogens with two attached hydrogens (primary N) is 1. The summed E-state index contributed by atoms with van der Waals surface area (Å²) in [6.45, 7) is 7.23. The topological polar surface area (TPSA) is 46.3 Å². The fourth-order valence-electron chi connectivity index (χ4n) is 2.86. The standard InChI is InChI=1S/C15H30N2O/c1-4-11-17(12(2)3)15(18)10-7-13-5-8-14(16)9-6-13/h12-14H,4-11,16H2,1-3H3. The molecular weight excluding hydrogens is 224 g/mol. The summed E-state index contributed by atoms with van der Waals surface area (Å²) in [6.07, 6.45) is 7.52. The van der Waals surface area contributed by atoms with E-state index in [0.29, 0.717) is 18.0 Å². The maximum Gasteiger partial charge on any atom is 0.222 e. The molecule has 0 unspecified atom stereocenters. The third-order valence-electron chi connectivity index (χ3n) is 4.07. The lowest BCUT2D eigenvalue weighted by molar-refractivity contribution is -0.133. The fraction of sp³-hybridized carbons (Fsp3) is 0.933. The van der Waals surface area contributed by atoms with Gasteiger partial charge in [-0.15, -0.1) is 0 Å². The molecule has 1 aliphatic rings. The van der Waals surface area contributed by atoms with Gasteiger partial charge in [0.25, 0.3) is 0 Å². The van der Waals surface area contributed by atoms with E-state index in [1.807, 2.05) is 4.90 Å². The van der Waals surface area contributed by atoms with Crippen molar-refractivity contribution in [2.24, 2.45) is 11.7 Å². The SMILES string of the molecule is CCCN(C(=O)CCC1CCC(N)CC1)C(C)C. The molecule has 1 rings (SSSR count). The molecule has 2 N–H and O–H groups in total. The maximum atomic E-state index is 12.2. The van der Waals surface area contributed by atoms with Crippen molar-refractivity contribution in [2.75, 3.05) is 6.54 Å². The summed E-state index contributed by atoms with van der Waals surface area (Å²) >= 11 is 0. The molecule has 0 atom stereocenters. The van der Waals surface area contributed by atoms with Crippen LogP contribution in [0.25, 0.3) is 0 Å². The van der Waals surface area contributed by atoms with Crippen molar-refractivity contribution in [3.05, 3.63) is 0 Å². The molecule has 1 fully saturated rings. The molecule has 0 bridgehead atoms. The highest BCUT2D eigenvalue weighted by Crippen LogP contribution is 2.27. The number of carbonyl (C=O) groups is 1. The summed E-state index contributed by atoms with van der Waals surface area (Å²) in [7, 11) is 0. The molecule has 3 heteroatoms. The molecule has 3 nitrogen and oxygen atoms in total. The van der Waals surface area contributed by atoms with Crippen LogP contribution in [0.2, 0.25) is 0 Å². The molecule has 1 aliphatic carbocycles. The van der Waals surface area contributed by atoms with Crippen LogP contribution in [-0.2, 0) is 4.79 Å². The van der Waals surface area contributed by atoms with E-state index in [0.717, 1.165) is 44.6 Å². The molecule has 0 heterocycles. The maximum absolute atomic E-state index is 12.2. The van der Waals surface area contributed by atoms with Crippen LogP contribution in [0.4, 0.5) is 0 Å². The van der Waals surface area contributed by atoms with Crippen LogP contribution in [0.15, 0.2) is 0 Å². The van der Waals surface area contributed by atoms with Crippen molar-refractivity contribution < 1.29 is 4.79 Å². The first-order valence-electron chi connectivity index (χ1n) is 7.59. The summed E-state index contributed by atoms with van der Waals surface area (Å²) in [5.74, 6) is 1.06. The van der Waals surface area contributed by atoms with Crippen LogP contribution in [-0.4, -0.2) is 29.4 Å². The molecule has 0 radical (unpaired) electrons. The van der Waals surface area contributed by atoms with Gasteiger partial charge in [0, 0.05) is 25.0 Å². The summed E-state index contributed by atoms with van der Waals surface area (Å²) in [5.41, 5.74) is 5.91. The summed E-state index contributed by atoms with van der Waals surface area (Å²) in [6, 6.07) is 0.737. The van der Waals surface area contributed by atoms with Gasteiger partial charge >= 0.3 is 0 Å². The third kappa shape index (κ3) is 4.97. The van der Waals surface area contributed by atoms with Crippen molar-refractivity contribution in [1.29, 1.82) is 0 Å². The first kappa shape index (κ1) is 15.5. The number of nitrogens with zero attached hydrogens (tertiary/aromatic N) is 1. The number of carbonyl (C=O) groups excluding carboxylic acids is 1. The number of rotatable bonds is 6. The quantitative estimate of drug-likeness (QED) is 0.792. The predicted molar refractivity (Wildman–Crippen MR) is 76.3 cm³/mol. The van der Waals surface area contributed by atoms with Crippen molar-refractivity contribution in [3.8, 4) is 0 Å². The van der Waals surface area contributed by atoms with Gasteiger partial charge in [0.1, 0.15) is 0 Å². The Morgan fingerprint density at radius 2 is 1.89 bits per heavy atom. The minimum atomic E-state index is 0.331. The predicted octanol–water partition coefficient (Wildman–Crippen LogP) is 2.93. The minimum Gasteiger partial charge on any atom is -0.340 e. The summed E-state index contributed by atoms with van der Waals surface area (Å²) in [4.78, 5) is 14.2. The third-order valence-corrected chi connectivity index (χ3v) is 4.07. The zero-order valence-corrected chi connectivity index (χ0v) is 12.3. The normalized spacial score (nSPS) is 24.3. The number of hydrogen-bond donors (Lipinski definition) is 1. The number of amides is 1. The van der Waals surface area contributed by atoms with Crippen LogP contribution in [0.3, 0.4) is 0 Å². The Balaban J connectivity index is 2.30. The van der Waals surface area contributed by atoms with Gasteiger partial charge in [0.05, 0.1) is 0 Å². The van der Waals surface area contributed by atoms with Gasteiger partial charge in [-0.05, 0) is 58.3 Å². The van der Waals surface area contributed by atoms with E-state index in [1.165, 1.54) is 12.8 Å². The van der Waals surface area contributed by atoms with Crippen molar-refractivity contribution in [1.82, 2.24) is 4.90 Å². The Labute approximate surface area is 112 Å². The largest absolute Gasteiger partial charge is 0.340 e. The van der Waals surface area contributed by atoms with Crippen LogP contribution >= 0.6 is 0 Å². The van der Waals surface area contributed by atoms with Crippen LogP contribution in [0.5, 0.6) is 0 Å². The van der Waals surface area contributed by atoms with Crippen LogP contribution < -0.4 is 5.73 Å². The molecule has 1 amide bonds. The zero-order chi connectivity index (χ0) is 13.5. The minimum absolute atomic E-state index is 0.331. The van der Waals surface area contributed by atoms with Gasteiger partial charge in [-0.25, -0.2) is 0 Å². The van der Waals surface area contributed by atoms with Gasteiger partial charge in [0.15, 0.2) is 0 Å². The Hall–Kier alpha value is -0.570. The molecule has 0 aromatic heterocycles.